The van der Waals surface area contributed by atoms with Crippen molar-refractivity contribution in [3.8, 4) is 0 Å². The maximum absolute atomic E-state index is 4.84. The molecule has 0 radical (unpaired) electrons. The van der Waals surface area contributed by atoms with Crippen molar-refractivity contribution in [2.75, 3.05) is 17.2 Å². The van der Waals surface area contributed by atoms with Crippen molar-refractivity contribution < 1.29 is 0 Å². The largest absolute Gasteiger partial charge is 0.382 e. The zero-order valence-electron chi connectivity index (χ0n) is 18.4. The van der Waals surface area contributed by atoms with E-state index in [0.29, 0.717) is 0 Å². The molecule has 0 fully saturated rings. The van der Waals surface area contributed by atoms with Crippen molar-refractivity contribution in [3.63, 3.8) is 0 Å². The zero-order valence-corrected chi connectivity index (χ0v) is 18.4. The van der Waals surface area contributed by atoms with Crippen molar-refractivity contribution in [2.24, 2.45) is 0 Å². The minimum atomic E-state index is 0.185. The van der Waals surface area contributed by atoms with Crippen LogP contribution in [0.1, 0.15) is 6.92 Å². The molecule has 6 rings (SSSR count). The van der Waals surface area contributed by atoms with E-state index >= 15 is 0 Å². The Hall–Kier alpha value is -4.18. The molecule has 4 heteroatoms. The Morgan fingerprint density at radius 1 is 0.545 bits per heavy atom. The highest BCUT2D eigenvalue weighted by molar-refractivity contribution is 6.08. The molecule has 160 valence electrons. The second kappa shape index (κ2) is 8.06. The molecule has 0 spiro atoms. The molecule has 33 heavy (non-hydrogen) atoms. The van der Waals surface area contributed by atoms with Gasteiger partial charge in [-0.15, -0.1) is 0 Å². The summed E-state index contributed by atoms with van der Waals surface area (Å²) < 4.78 is 0. The highest BCUT2D eigenvalue weighted by atomic mass is 15.0. The Morgan fingerprint density at radius 2 is 0.909 bits per heavy atom. The van der Waals surface area contributed by atoms with E-state index in [9.17, 15) is 0 Å². The molecule has 2 aromatic heterocycles. The molecule has 4 aromatic carbocycles. The lowest BCUT2D eigenvalue weighted by molar-refractivity contribution is 0.840. The number of nitrogens with zero attached hydrogens (tertiary/aromatic N) is 2. The summed E-state index contributed by atoms with van der Waals surface area (Å²) in [7, 11) is 0. The van der Waals surface area contributed by atoms with Crippen LogP contribution in [0.25, 0.3) is 43.6 Å². The fourth-order valence-electron chi connectivity index (χ4n) is 4.58. The quantitative estimate of drug-likeness (QED) is 0.290. The maximum atomic E-state index is 4.84. The van der Waals surface area contributed by atoms with Gasteiger partial charge in [0.1, 0.15) is 0 Å². The predicted molar refractivity (Wildman–Crippen MR) is 140 cm³/mol. The van der Waals surface area contributed by atoms with E-state index in [2.05, 4.69) is 90.4 Å². The first-order chi connectivity index (χ1) is 16.3. The summed E-state index contributed by atoms with van der Waals surface area (Å²) in [5.74, 6) is 0. The summed E-state index contributed by atoms with van der Waals surface area (Å²) >= 11 is 0. The van der Waals surface area contributed by atoms with Crippen LogP contribution in [0.3, 0.4) is 0 Å². The molecule has 2 heterocycles. The van der Waals surface area contributed by atoms with Gasteiger partial charge in [-0.25, -0.2) is 9.97 Å². The molecule has 6 aromatic rings. The van der Waals surface area contributed by atoms with Crippen LogP contribution in [0.15, 0.2) is 97.1 Å². The van der Waals surface area contributed by atoms with Gasteiger partial charge in [-0.3, -0.25) is 0 Å². The molecule has 0 saturated heterocycles. The third-order valence-electron chi connectivity index (χ3n) is 6.15. The number of hydrogen-bond acceptors (Lipinski definition) is 4. The summed E-state index contributed by atoms with van der Waals surface area (Å²) in [5.41, 5.74) is 6.29. The normalized spacial score (nSPS) is 12.4. The van der Waals surface area contributed by atoms with Gasteiger partial charge in [0.15, 0.2) is 0 Å². The second-order valence-electron chi connectivity index (χ2n) is 8.47. The Bertz CT molecular complexity index is 1520. The van der Waals surface area contributed by atoms with Crippen molar-refractivity contribution in [3.05, 3.63) is 97.1 Å². The average Bonchev–Trinajstić information content (AvgIpc) is 2.86. The van der Waals surface area contributed by atoms with Crippen molar-refractivity contribution in [1.82, 2.24) is 9.97 Å². The summed E-state index contributed by atoms with van der Waals surface area (Å²) in [6, 6.07) is 33.5. The SMILES string of the molecule is CC(CNc1c2ccccc2nc2ccccc12)Nc1c2ccccc2nc2ccccc12. The number of benzene rings is 4. The van der Waals surface area contributed by atoms with Gasteiger partial charge < -0.3 is 10.6 Å². The Balaban J connectivity index is 1.36. The summed E-state index contributed by atoms with van der Waals surface area (Å²) in [6.45, 7) is 2.98. The van der Waals surface area contributed by atoms with Gasteiger partial charge in [0.2, 0.25) is 0 Å². The Morgan fingerprint density at radius 3 is 1.33 bits per heavy atom. The van der Waals surface area contributed by atoms with E-state index in [-0.39, 0.29) is 6.04 Å². The second-order valence-corrected chi connectivity index (χ2v) is 8.47. The van der Waals surface area contributed by atoms with Crippen LogP contribution in [0, 0.1) is 0 Å². The van der Waals surface area contributed by atoms with Gasteiger partial charge in [-0.1, -0.05) is 72.8 Å². The minimum absolute atomic E-state index is 0.185. The molecule has 0 bridgehead atoms. The Labute approximate surface area is 192 Å². The van der Waals surface area contributed by atoms with Crippen molar-refractivity contribution >= 4 is 55.0 Å². The first kappa shape index (κ1) is 19.5. The molecule has 4 nitrogen and oxygen atoms in total. The standard InChI is InChI=1S/C29H24N4/c1-19(31-29-22-12-4-8-16-26(22)33-27-17-9-5-13-23(27)29)18-30-28-20-10-2-6-14-24(20)32-25-15-7-3-11-21(25)28/h2-17,19H,18H2,1H3,(H,30,32)(H,31,33). The van der Waals surface area contributed by atoms with E-state index in [1.807, 2.05) is 24.3 Å². The molecular formula is C29H24N4. The van der Waals surface area contributed by atoms with Gasteiger partial charge in [0, 0.05) is 34.1 Å². The molecular weight excluding hydrogens is 404 g/mol. The molecule has 1 unspecified atom stereocenters. The van der Waals surface area contributed by atoms with Crippen LogP contribution in [0.4, 0.5) is 11.4 Å². The highest BCUT2D eigenvalue weighted by Gasteiger charge is 2.13. The lowest BCUT2D eigenvalue weighted by atomic mass is 10.1. The maximum Gasteiger partial charge on any atom is 0.0730 e. The van der Waals surface area contributed by atoms with Gasteiger partial charge in [-0.2, -0.15) is 0 Å². The smallest absolute Gasteiger partial charge is 0.0730 e. The van der Waals surface area contributed by atoms with E-state index in [4.69, 9.17) is 9.97 Å². The van der Waals surface area contributed by atoms with Crippen molar-refractivity contribution in [2.45, 2.75) is 13.0 Å². The van der Waals surface area contributed by atoms with Crippen LogP contribution >= 0.6 is 0 Å². The Kier molecular flexibility index (Phi) is 4.76. The third kappa shape index (κ3) is 3.50. The monoisotopic (exact) mass is 428 g/mol. The number of nitrogens with one attached hydrogen (secondary N) is 2. The first-order valence-corrected chi connectivity index (χ1v) is 11.3. The van der Waals surface area contributed by atoms with E-state index in [1.54, 1.807) is 0 Å². The van der Waals surface area contributed by atoms with Gasteiger partial charge >= 0.3 is 0 Å². The fraction of sp³-hybridized carbons (Fsp3) is 0.103. The van der Waals surface area contributed by atoms with Crippen LogP contribution < -0.4 is 10.6 Å². The van der Waals surface area contributed by atoms with E-state index in [1.165, 1.54) is 0 Å². The highest BCUT2D eigenvalue weighted by Crippen LogP contribution is 2.32. The molecule has 0 aliphatic rings. The number of fused-ring (bicyclic) bond motifs is 4. The third-order valence-corrected chi connectivity index (χ3v) is 6.15. The summed E-state index contributed by atoms with van der Waals surface area (Å²) in [5, 5.41) is 12.1. The number of hydrogen-bond donors (Lipinski definition) is 2. The molecule has 1 atom stereocenters. The van der Waals surface area contributed by atoms with E-state index in [0.717, 1.165) is 61.5 Å². The van der Waals surface area contributed by atoms with Gasteiger partial charge in [0.25, 0.3) is 0 Å². The lowest BCUT2D eigenvalue weighted by Crippen LogP contribution is -2.25. The number of para-hydroxylation sites is 4. The van der Waals surface area contributed by atoms with E-state index < -0.39 is 0 Å². The summed E-state index contributed by atoms with van der Waals surface area (Å²) in [4.78, 5) is 9.68. The minimum Gasteiger partial charge on any atom is -0.382 e. The fourth-order valence-corrected chi connectivity index (χ4v) is 4.58. The molecule has 0 saturated carbocycles. The number of aromatic nitrogens is 2. The lowest BCUT2D eigenvalue weighted by Gasteiger charge is -2.21. The number of rotatable bonds is 5. The topological polar surface area (TPSA) is 49.8 Å². The van der Waals surface area contributed by atoms with Crippen LogP contribution in [0.2, 0.25) is 0 Å². The zero-order chi connectivity index (χ0) is 22.2. The molecule has 0 aliphatic heterocycles. The van der Waals surface area contributed by atoms with Crippen molar-refractivity contribution in [1.29, 1.82) is 0 Å². The summed E-state index contributed by atoms with van der Waals surface area (Å²) in [6.07, 6.45) is 0. The number of pyridine rings is 2. The van der Waals surface area contributed by atoms with Crippen LogP contribution in [-0.2, 0) is 0 Å². The molecule has 0 amide bonds. The van der Waals surface area contributed by atoms with Crippen LogP contribution in [0.5, 0.6) is 0 Å². The average molecular weight is 429 g/mol. The van der Waals surface area contributed by atoms with Gasteiger partial charge in [-0.05, 0) is 31.2 Å². The molecule has 2 N–H and O–H groups in total. The van der Waals surface area contributed by atoms with Crippen LogP contribution in [-0.4, -0.2) is 22.6 Å². The van der Waals surface area contributed by atoms with Gasteiger partial charge in [0.05, 0.1) is 33.4 Å². The first-order valence-electron chi connectivity index (χ1n) is 11.3. The predicted octanol–water partition coefficient (Wildman–Crippen LogP) is 7.00. The number of anilines is 2. The molecule has 0 aliphatic carbocycles.